The van der Waals surface area contributed by atoms with E-state index in [1.54, 1.807) is 55.5 Å². The van der Waals surface area contributed by atoms with Gasteiger partial charge in [-0.25, -0.2) is 13.2 Å². The van der Waals surface area contributed by atoms with E-state index in [2.05, 4.69) is 6.92 Å². The Kier molecular flexibility index (Phi) is 7.00. The number of rotatable bonds is 6. The maximum atomic E-state index is 15.0. The van der Waals surface area contributed by atoms with Crippen molar-refractivity contribution in [2.45, 2.75) is 58.0 Å². The lowest BCUT2D eigenvalue weighted by molar-refractivity contribution is -0.00115. The first-order valence-corrected chi connectivity index (χ1v) is 11.5. The Labute approximate surface area is 188 Å². The van der Waals surface area contributed by atoms with E-state index in [0.29, 0.717) is 41.4 Å². The highest BCUT2D eigenvalue weighted by atomic mass is 19.2. The standard InChI is InChI=1S/C28H29F3O/c1-3-5-23-13-10-22(17-32-23)21-12-14-24(26(29)16-21)19-6-8-20(9-7-19)25-15-11-18(4-2)27(30)28(25)31/h6-9,11-12,14-16,22-23H,3-5,10,13,17H2,1-2H3. The van der Waals surface area contributed by atoms with Crippen molar-refractivity contribution in [3.05, 3.63) is 83.2 Å². The SMILES string of the molecule is CCCC1CCC(c2ccc(-c3ccc(-c4ccc(CC)c(F)c4F)cc3)c(F)c2)CO1. The Hall–Kier alpha value is -2.59. The normalized spacial score (nSPS) is 18.7. The van der Waals surface area contributed by atoms with Crippen LogP contribution in [0.2, 0.25) is 0 Å². The van der Waals surface area contributed by atoms with Crippen LogP contribution in [-0.2, 0) is 11.2 Å². The van der Waals surface area contributed by atoms with Gasteiger partial charge in [0, 0.05) is 17.0 Å². The number of halogens is 3. The number of ether oxygens (including phenoxy) is 1. The van der Waals surface area contributed by atoms with E-state index in [9.17, 15) is 13.2 Å². The summed E-state index contributed by atoms with van der Waals surface area (Å²) in [5, 5.41) is 0. The van der Waals surface area contributed by atoms with Crippen LogP contribution in [0.5, 0.6) is 0 Å². The number of aryl methyl sites for hydroxylation is 1. The molecule has 1 fully saturated rings. The lowest BCUT2D eigenvalue weighted by atomic mass is 9.89. The summed E-state index contributed by atoms with van der Waals surface area (Å²) in [5.74, 6) is -1.71. The van der Waals surface area contributed by atoms with Crippen LogP contribution in [0.25, 0.3) is 22.3 Å². The van der Waals surface area contributed by atoms with Gasteiger partial charge in [0.1, 0.15) is 5.82 Å². The summed E-state index contributed by atoms with van der Waals surface area (Å²) in [6, 6.07) is 15.5. The van der Waals surface area contributed by atoms with Crippen molar-refractivity contribution in [2.24, 2.45) is 0 Å². The number of benzene rings is 3. The zero-order chi connectivity index (χ0) is 22.7. The molecule has 4 heteroatoms. The zero-order valence-electron chi connectivity index (χ0n) is 18.6. The van der Waals surface area contributed by atoms with Crippen LogP contribution in [0.4, 0.5) is 13.2 Å². The molecule has 0 radical (unpaired) electrons. The molecule has 1 nitrogen and oxygen atoms in total. The van der Waals surface area contributed by atoms with Crippen molar-refractivity contribution in [1.82, 2.24) is 0 Å². The molecule has 1 aliphatic rings. The average molecular weight is 439 g/mol. The van der Waals surface area contributed by atoms with Gasteiger partial charge in [0.2, 0.25) is 0 Å². The molecule has 3 aromatic carbocycles. The van der Waals surface area contributed by atoms with E-state index in [4.69, 9.17) is 4.74 Å². The maximum Gasteiger partial charge on any atom is 0.166 e. The average Bonchev–Trinajstić information content (AvgIpc) is 2.82. The summed E-state index contributed by atoms with van der Waals surface area (Å²) in [7, 11) is 0. The highest BCUT2D eigenvalue weighted by Gasteiger charge is 2.23. The fourth-order valence-electron chi connectivity index (χ4n) is 4.55. The summed E-state index contributed by atoms with van der Waals surface area (Å²) in [4.78, 5) is 0. The molecule has 0 saturated carbocycles. The van der Waals surface area contributed by atoms with Gasteiger partial charge in [0.15, 0.2) is 11.6 Å². The third-order valence-electron chi connectivity index (χ3n) is 6.50. The molecule has 168 valence electrons. The van der Waals surface area contributed by atoms with E-state index < -0.39 is 11.6 Å². The van der Waals surface area contributed by atoms with E-state index in [1.165, 1.54) is 0 Å². The smallest absolute Gasteiger partial charge is 0.166 e. The molecule has 1 heterocycles. The monoisotopic (exact) mass is 438 g/mol. The molecule has 2 unspecified atom stereocenters. The van der Waals surface area contributed by atoms with Crippen LogP contribution < -0.4 is 0 Å². The Morgan fingerprint density at radius 1 is 0.812 bits per heavy atom. The van der Waals surface area contributed by atoms with Gasteiger partial charge in [0.25, 0.3) is 0 Å². The zero-order valence-corrected chi connectivity index (χ0v) is 18.6. The first-order valence-electron chi connectivity index (χ1n) is 11.5. The summed E-state index contributed by atoms with van der Waals surface area (Å²) in [5.41, 5.74) is 3.29. The van der Waals surface area contributed by atoms with Gasteiger partial charge in [-0.15, -0.1) is 0 Å². The number of hydrogen-bond acceptors (Lipinski definition) is 1. The maximum absolute atomic E-state index is 15.0. The van der Waals surface area contributed by atoms with E-state index in [1.807, 2.05) is 6.07 Å². The largest absolute Gasteiger partial charge is 0.378 e. The highest BCUT2D eigenvalue weighted by Crippen LogP contribution is 2.34. The fraction of sp³-hybridized carbons (Fsp3) is 0.357. The molecule has 0 aliphatic carbocycles. The Balaban J connectivity index is 1.52. The fourth-order valence-corrected chi connectivity index (χ4v) is 4.55. The highest BCUT2D eigenvalue weighted by molar-refractivity contribution is 5.71. The van der Waals surface area contributed by atoms with Gasteiger partial charge in [-0.05, 0) is 54.0 Å². The third-order valence-corrected chi connectivity index (χ3v) is 6.50. The minimum absolute atomic E-state index is 0.209. The van der Waals surface area contributed by atoms with Crippen molar-refractivity contribution >= 4 is 0 Å². The van der Waals surface area contributed by atoms with Crippen LogP contribution in [0.1, 0.15) is 56.6 Å². The molecular formula is C28H29F3O. The molecule has 0 bridgehead atoms. The van der Waals surface area contributed by atoms with Gasteiger partial charge >= 0.3 is 0 Å². The first kappa shape index (κ1) is 22.6. The predicted molar refractivity (Wildman–Crippen MR) is 123 cm³/mol. The quantitative estimate of drug-likeness (QED) is 0.378. The molecule has 1 saturated heterocycles. The second kappa shape index (κ2) is 9.91. The van der Waals surface area contributed by atoms with Crippen LogP contribution in [0.3, 0.4) is 0 Å². The second-order valence-electron chi connectivity index (χ2n) is 8.59. The Morgan fingerprint density at radius 2 is 1.50 bits per heavy atom. The molecule has 3 aromatic rings. The summed E-state index contributed by atoms with van der Waals surface area (Å²) in [6.45, 7) is 4.58. The van der Waals surface area contributed by atoms with E-state index in [0.717, 1.165) is 31.2 Å². The van der Waals surface area contributed by atoms with Gasteiger partial charge in [-0.2, -0.15) is 0 Å². The third kappa shape index (κ3) is 4.61. The molecule has 1 aliphatic heterocycles. The molecule has 0 aromatic heterocycles. The van der Waals surface area contributed by atoms with Crippen molar-refractivity contribution in [3.8, 4) is 22.3 Å². The molecule has 0 N–H and O–H groups in total. The van der Waals surface area contributed by atoms with E-state index >= 15 is 0 Å². The Bertz CT molecular complexity index is 1070. The number of hydrogen-bond donors (Lipinski definition) is 0. The summed E-state index contributed by atoms with van der Waals surface area (Å²) >= 11 is 0. The van der Waals surface area contributed by atoms with Crippen molar-refractivity contribution in [3.63, 3.8) is 0 Å². The van der Waals surface area contributed by atoms with Gasteiger partial charge in [-0.3, -0.25) is 0 Å². The van der Waals surface area contributed by atoms with Gasteiger partial charge in [0.05, 0.1) is 12.7 Å². The van der Waals surface area contributed by atoms with Crippen LogP contribution in [0.15, 0.2) is 54.6 Å². The molecule has 2 atom stereocenters. The van der Waals surface area contributed by atoms with Crippen molar-refractivity contribution in [1.29, 1.82) is 0 Å². The van der Waals surface area contributed by atoms with Crippen molar-refractivity contribution in [2.75, 3.05) is 6.61 Å². The lowest BCUT2D eigenvalue weighted by Gasteiger charge is -2.29. The molecular weight excluding hydrogens is 409 g/mol. The Morgan fingerprint density at radius 3 is 2.09 bits per heavy atom. The predicted octanol–water partition coefficient (Wildman–Crippen LogP) is 8.06. The minimum Gasteiger partial charge on any atom is -0.378 e. The first-order chi connectivity index (χ1) is 15.5. The van der Waals surface area contributed by atoms with Crippen molar-refractivity contribution < 1.29 is 17.9 Å². The molecule has 0 amide bonds. The minimum atomic E-state index is -0.844. The molecule has 4 rings (SSSR count). The van der Waals surface area contributed by atoms with Crippen LogP contribution in [0, 0.1) is 17.5 Å². The van der Waals surface area contributed by atoms with Gasteiger partial charge < -0.3 is 4.74 Å². The van der Waals surface area contributed by atoms with E-state index in [-0.39, 0.29) is 17.3 Å². The topological polar surface area (TPSA) is 9.23 Å². The second-order valence-corrected chi connectivity index (χ2v) is 8.59. The van der Waals surface area contributed by atoms with Crippen LogP contribution >= 0.6 is 0 Å². The van der Waals surface area contributed by atoms with Gasteiger partial charge in [-0.1, -0.05) is 68.8 Å². The van der Waals surface area contributed by atoms with Crippen LogP contribution in [-0.4, -0.2) is 12.7 Å². The summed E-state index contributed by atoms with van der Waals surface area (Å²) < 4.78 is 49.5. The molecule has 32 heavy (non-hydrogen) atoms. The lowest BCUT2D eigenvalue weighted by Crippen LogP contribution is -2.24. The summed E-state index contributed by atoms with van der Waals surface area (Å²) in [6.07, 6.45) is 4.98. The molecule has 0 spiro atoms.